The Hall–Kier alpha value is -2.83. The maximum Gasteiger partial charge on any atom is 0.284 e. The third-order valence-corrected chi connectivity index (χ3v) is 5.57. The van der Waals surface area contributed by atoms with Crippen molar-refractivity contribution in [3.8, 4) is 0 Å². The molecule has 1 aliphatic rings. The molecule has 0 radical (unpaired) electrons. The van der Waals surface area contributed by atoms with Crippen molar-refractivity contribution in [2.45, 2.75) is 18.7 Å². The zero-order valence-corrected chi connectivity index (χ0v) is 16.8. The van der Waals surface area contributed by atoms with Crippen LogP contribution in [0.1, 0.15) is 19.4 Å². The molecular formula is C21H17ClN2O3S. The van der Waals surface area contributed by atoms with E-state index in [0.717, 1.165) is 0 Å². The second-order valence-corrected chi connectivity index (χ2v) is 8.27. The maximum absolute atomic E-state index is 12.8. The normalized spacial score (nSPS) is 15.2. The third-order valence-electron chi connectivity index (χ3n) is 4.03. The Kier molecular flexibility index (Phi) is 5.72. The summed E-state index contributed by atoms with van der Waals surface area (Å²) < 4.78 is 29.6. The Balaban J connectivity index is 2.16. The minimum atomic E-state index is -4.00. The van der Waals surface area contributed by atoms with Crippen molar-refractivity contribution < 1.29 is 13.2 Å². The maximum atomic E-state index is 12.8. The van der Waals surface area contributed by atoms with Crippen LogP contribution in [-0.4, -0.2) is 25.7 Å². The van der Waals surface area contributed by atoms with Gasteiger partial charge in [0.05, 0.1) is 10.6 Å². The molecule has 0 saturated heterocycles. The van der Waals surface area contributed by atoms with Crippen LogP contribution in [-0.2, 0) is 14.8 Å². The predicted molar refractivity (Wildman–Crippen MR) is 112 cm³/mol. The van der Waals surface area contributed by atoms with Crippen molar-refractivity contribution in [3.63, 3.8) is 0 Å². The monoisotopic (exact) mass is 412 g/mol. The molecule has 1 aliphatic carbocycles. The molecule has 5 nitrogen and oxygen atoms in total. The van der Waals surface area contributed by atoms with E-state index in [1.807, 2.05) is 6.07 Å². The second kappa shape index (κ2) is 8.04. The summed E-state index contributed by atoms with van der Waals surface area (Å²) in [5, 5.41) is 0.430. The Morgan fingerprint density at radius 2 is 1.46 bits per heavy atom. The molecule has 0 fully saturated rings. The number of rotatable bonds is 3. The van der Waals surface area contributed by atoms with Gasteiger partial charge in [0.25, 0.3) is 10.0 Å². The summed E-state index contributed by atoms with van der Waals surface area (Å²) in [4.78, 5) is 16.2. The van der Waals surface area contributed by atoms with Gasteiger partial charge in [-0.25, -0.2) is 4.99 Å². The fourth-order valence-corrected chi connectivity index (χ4v) is 3.78. The smallest absolute Gasteiger partial charge is 0.284 e. The average molecular weight is 413 g/mol. The average Bonchev–Trinajstić information content (AvgIpc) is 2.64. The van der Waals surface area contributed by atoms with Gasteiger partial charge in [-0.15, -0.1) is 4.40 Å². The number of sulfonamides is 1. The highest BCUT2D eigenvalue weighted by molar-refractivity contribution is 7.90. The van der Waals surface area contributed by atoms with Crippen LogP contribution < -0.4 is 0 Å². The molecule has 0 heterocycles. The van der Waals surface area contributed by atoms with Gasteiger partial charge in [-0.3, -0.25) is 4.79 Å². The number of aliphatic imine (C=N–C) groups is 1. The lowest BCUT2D eigenvalue weighted by molar-refractivity contribution is -0.110. The highest BCUT2D eigenvalue weighted by atomic mass is 35.5. The van der Waals surface area contributed by atoms with Crippen LogP contribution in [0.3, 0.4) is 0 Å². The fraction of sp³-hybridized carbons (Fsp3) is 0.0952. The molecular weight excluding hydrogens is 396 g/mol. The van der Waals surface area contributed by atoms with Gasteiger partial charge >= 0.3 is 0 Å². The van der Waals surface area contributed by atoms with Crippen LogP contribution in [0.15, 0.2) is 92.2 Å². The molecule has 0 bridgehead atoms. The predicted octanol–water partition coefficient (Wildman–Crippen LogP) is 4.39. The zero-order valence-electron chi connectivity index (χ0n) is 15.3. The van der Waals surface area contributed by atoms with Gasteiger partial charge in [-0.05, 0) is 61.4 Å². The Morgan fingerprint density at radius 1 is 0.893 bits per heavy atom. The second-order valence-electron chi connectivity index (χ2n) is 6.23. The van der Waals surface area contributed by atoms with E-state index in [-0.39, 0.29) is 16.5 Å². The SMILES string of the molecule is CC1=CC(=O)C=C(C)C1=N/C(=N\S(=O)(=O)c1ccc(Cl)cc1)c1ccccc1. The van der Waals surface area contributed by atoms with E-state index in [0.29, 0.717) is 27.4 Å². The summed E-state index contributed by atoms with van der Waals surface area (Å²) in [6.07, 6.45) is 2.92. The molecule has 142 valence electrons. The first kappa shape index (κ1) is 19.9. The van der Waals surface area contributed by atoms with Crippen LogP contribution in [0.5, 0.6) is 0 Å². The van der Waals surface area contributed by atoms with Crippen LogP contribution in [0.4, 0.5) is 0 Å². The summed E-state index contributed by atoms with van der Waals surface area (Å²) in [5.74, 6) is -0.0821. The number of ketones is 1. The molecule has 0 N–H and O–H groups in total. The third kappa shape index (κ3) is 4.52. The molecule has 0 saturated carbocycles. The summed E-state index contributed by atoms with van der Waals surface area (Å²) in [7, 11) is -4.00. The van der Waals surface area contributed by atoms with Crippen LogP contribution >= 0.6 is 11.6 Å². The molecule has 0 aromatic heterocycles. The first-order chi connectivity index (χ1) is 13.3. The van der Waals surface area contributed by atoms with E-state index in [2.05, 4.69) is 9.39 Å². The van der Waals surface area contributed by atoms with E-state index in [9.17, 15) is 13.2 Å². The van der Waals surface area contributed by atoms with Crippen LogP contribution in [0, 0.1) is 0 Å². The number of hydrogen-bond acceptors (Lipinski definition) is 3. The summed E-state index contributed by atoms with van der Waals surface area (Å²) in [6.45, 7) is 3.51. The Bertz CT molecular complexity index is 1120. The number of carbonyl (C=O) groups excluding carboxylic acids is 1. The van der Waals surface area contributed by atoms with Gasteiger partial charge in [0.1, 0.15) is 0 Å². The molecule has 0 spiro atoms. The van der Waals surface area contributed by atoms with Crippen LogP contribution in [0.2, 0.25) is 5.02 Å². The topological polar surface area (TPSA) is 75.9 Å². The lowest BCUT2D eigenvalue weighted by Crippen LogP contribution is -2.14. The van der Waals surface area contributed by atoms with Gasteiger partial charge < -0.3 is 0 Å². The molecule has 0 atom stereocenters. The minimum absolute atomic E-state index is 0.0175. The van der Waals surface area contributed by atoms with E-state index >= 15 is 0 Å². The molecule has 28 heavy (non-hydrogen) atoms. The van der Waals surface area contributed by atoms with E-state index in [1.54, 1.807) is 38.1 Å². The number of halogens is 1. The largest absolute Gasteiger partial charge is 0.290 e. The van der Waals surface area contributed by atoms with Crippen molar-refractivity contribution >= 4 is 39.0 Å². The van der Waals surface area contributed by atoms with E-state index < -0.39 is 10.0 Å². The van der Waals surface area contributed by atoms with Crippen molar-refractivity contribution in [1.82, 2.24) is 0 Å². The lowest BCUT2D eigenvalue weighted by Gasteiger charge is -2.12. The number of benzene rings is 2. The molecule has 3 rings (SSSR count). The summed E-state index contributed by atoms with van der Waals surface area (Å²) >= 11 is 5.84. The highest BCUT2D eigenvalue weighted by Gasteiger charge is 2.18. The quantitative estimate of drug-likeness (QED) is 0.426. The standard InChI is InChI=1S/C21H17ClN2O3S/c1-14-12-18(25)13-15(2)20(14)23-21(16-6-4-3-5-7-16)24-28(26,27)19-10-8-17(22)9-11-19/h3-13H,1-2H3/b24-21-. The summed E-state index contributed by atoms with van der Waals surface area (Å²) in [6, 6.07) is 14.6. The van der Waals surface area contributed by atoms with Crippen LogP contribution in [0.25, 0.3) is 0 Å². The zero-order chi connectivity index (χ0) is 20.3. The molecule has 2 aromatic carbocycles. The highest BCUT2D eigenvalue weighted by Crippen LogP contribution is 2.20. The number of hydrogen-bond donors (Lipinski definition) is 0. The van der Waals surface area contributed by atoms with Gasteiger partial charge in [-0.1, -0.05) is 41.9 Å². The Labute approximate surface area is 168 Å². The van der Waals surface area contributed by atoms with Crippen molar-refractivity contribution in [1.29, 1.82) is 0 Å². The van der Waals surface area contributed by atoms with Gasteiger partial charge in [0.2, 0.25) is 0 Å². The minimum Gasteiger partial charge on any atom is -0.290 e. The molecule has 0 unspecified atom stereocenters. The fourth-order valence-electron chi connectivity index (χ4n) is 2.70. The van der Waals surface area contributed by atoms with E-state index in [4.69, 9.17) is 11.6 Å². The number of nitrogens with zero attached hydrogens (tertiary/aromatic N) is 2. The van der Waals surface area contributed by atoms with Crippen molar-refractivity contribution in [2.75, 3.05) is 0 Å². The number of carbonyl (C=O) groups is 1. The number of amidine groups is 1. The van der Waals surface area contributed by atoms with Crippen molar-refractivity contribution in [3.05, 3.63) is 88.5 Å². The first-order valence-electron chi connectivity index (χ1n) is 8.42. The lowest BCUT2D eigenvalue weighted by atomic mass is 9.97. The molecule has 0 amide bonds. The van der Waals surface area contributed by atoms with Crippen molar-refractivity contribution in [2.24, 2.45) is 9.39 Å². The van der Waals surface area contributed by atoms with Gasteiger partial charge in [0.15, 0.2) is 11.6 Å². The molecule has 2 aromatic rings. The van der Waals surface area contributed by atoms with Gasteiger partial charge in [0, 0.05) is 10.6 Å². The first-order valence-corrected chi connectivity index (χ1v) is 10.2. The Morgan fingerprint density at radius 3 is 2.04 bits per heavy atom. The molecule has 0 aliphatic heterocycles. The van der Waals surface area contributed by atoms with E-state index in [1.165, 1.54) is 36.4 Å². The number of allylic oxidation sites excluding steroid dienone is 4. The summed E-state index contributed by atoms with van der Waals surface area (Å²) in [5.41, 5.74) is 2.37. The molecule has 7 heteroatoms. The van der Waals surface area contributed by atoms with Gasteiger partial charge in [-0.2, -0.15) is 8.42 Å².